The maximum Gasteiger partial charge on any atom is 0.271 e. The van der Waals surface area contributed by atoms with Crippen molar-refractivity contribution in [2.24, 2.45) is 7.05 Å². The van der Waals surface area contributed by atoms with Crippen LogP contribution in [0.3, 0.4) is 0 Å². The van der Waals surface area contributed by atoms with E-state index in [1.165, 1.54) is 0 Å². The van der Waals surface area contributed by atoms with E-state index in [1.54, 1.807) is 6.20 Å². The van der Waals surface area contributed by atoms with Crippen molar-refractivity contribution in [3.05, 3.63) is 64.6 Å². The molecule has 4 rings (SSSR count). The van der Waals surface area contributed by atoms with Crippen LogP contribution in [-0.4, -0.2) is 39.6 Å². The number of hydrogen-bond acceptors (Lipinski definition) is 3. The van der Waals surface area contributed by atoms with Crippen molar-refractivity contribution in [3.63, 3.8) is 0 Å². The average molecular weight is 398 g/mol. The first kappa shape index (κ1) is 19.0. The quantitative estimate of drug-likeness (QED) is 0.642. The summed E-state index contributed by atoms with van der Waals surface area (Å²) in [4.78, 5) is 19.9. The van der Waals surface area contributed by atoms with Gasteiger partial charge in [-0.1, -0.05) is 17.7 Å². The van der Waals surface area contributed by atoms with Gasteiger partial charge in [-0.3, -0.25) is 9.78 Å². The van der Waals surface area contributed by atoms with E-state index in [4.69, 9.17) is 16.3 Å². The van der Waals surface area contributed by atoms with Crippen molar-refractivity contribution in [1.29, 1.82) is 0 Å². The van der Waals surface area contributed by atoms with Crippen LogP contribution in [0.1, 0.15) is 34.6 Å². The summed E-state index contributed by atoms with van der Waals surface area (Å²) in [6.07, 6.45) is 3.86. The molecule has 1 fully saturated rings. The first-order chi connectivity index (χ1) is 13.5. The molecule has 3 heterocycles. The summed E-state index contributed by atoms with van der Waals surface area (Å²) < 4.78 is 7.77. The SMILES string of the molecule is Cc1c(C(=O)N(Cc2ccccn2)CC2CCCO2)n(C)c2ccc(Cl)cc12. The van der Waals surface area contributed by atoms with Crippen LogP contribution >= 0.6 is 11.6 Å². The second-order valence-electron chi connectivity index (χ2n) is 7.34. The molecule has 146 valence electrons. The molecular formula is C22H24ClN3O2. The predicted octanol–water partition coefficient (Wildman–Crippen LogP) is 4.36. The zero-order valence-electron chi connectivity index (χ0n) is 16.2. The number of nitrogens with zero attached hydrogens (tertiary/aromatic N) is 3. The van der Waals surface area contributed by atoms with Crippen LogP contribution in [-0.2, 0) is 18.3 Å². The lowest BCUT2D eigenvalue weighted by Gasteiger charge is -2.26. The average Bonchev–Trinajstić information content (AvgIpc) is 3.28. The number of halogens is 1. The molecule has 0 spiro atoms. The van der Waals surface area contributed by atoms with Gasteiger partial charge in [0.2, 0.25) is 0 Å². The number of aryl methyl sites for hydroxylation is 2. The van der Waals surface area contributed by atoms with Gasteiger partial charge < -0.3 is 14.2 Å². The molecule has 1 aromatic carbocycles. The van der Waals surface area contributed by atoms with Crippen LogP contribution in [0.15, 0.2) is 42.6 Å². The molecule has 1 amide bonds. The van der Waals surface area contributed by atoms with E-state index in [0.717, 1.165) is 41.6 Å². The summed E-state index contributed by atoms with van der Waals surface area (Å²) in [5.74, 6) is -0.00604. The van der Waals surface area contributed by atoms with Crippen LogP contribution < -0.4 is 0 Å². The van der Waals surface area contributed by atoms with Gasteiger partial charge in [0.25, 0.3) is 5.91 Å². The van der Waals surface area contributed by atoms with Crippen LogP contribution in [0.2, 0.25) is 5.02 Å². The maximum absolute atomic E-state index is 13.6. The summed E-state index contributed by atoms with van der Waals surface area (Å²) in [5, 5.41) is 1.68. The van der Waals surface area contributed by atoms with E-state index in [-0.39, 0.29) is 12.0 Å². The Kier molecular flexibility index (Phi) is 5.38. The van der Waals surface area contributed by atoms with Crippen molar-refractivity contribution in [1.82, 2.24) is 14.5 Å². The van der Waals surface area contributed by atoms with Crippen LogP contribution in [0.4, 0.5) is 0 Å². The van der Waals surface area contributed by atoms with Gasteiger partial charge in [0, 0.05) is 42.3 Å². The monoisotopic (exact) mass is 397 g/mol. The highest BCUT2D eigenvalue weighted by atomic mass is 35.5. The van der Waals surface area contributed by atoms with Gasteiger partial charge in [0.15, 0.2) is 0 Å². The fraction of sp³-hybridized carbons (Fsp3) is 0.364. The van der Waals surface area contributed by atoms with Crippen molar-refractivity contribution in [2.75, 3.05) is 13.2 Å². The number of carbonyl (C=O) groups excluding carboxylic acids is 1. The highest BCUT2D eigenvalue weighted by molar-refractivity contribution is 6.31. The normalized spacial score (nSPS) is 16.6. The molecule has 0 aliphatic carbocycles. The molecule has 5 nitrogen and oxygen atoms in total. The minimum atomic E-state index is -0.00604. The summed E-state index contributed by atoms with van der Waals surface area (Å²) in [7, 11) is 1.93. The Balaban J connectivity index is 1.71. The molecule has 28 heavy (non-hydrogen) atoms. The molecule has 0 saturated carbocycles. The third-order valence-corrected chi connectivity index (χ3v) is 5.67. The van der Waals surface area contributed by atoms with Gasteiger partial charge in [-0.15, -0.1) is 0 Å². The lowest BCUT2D eigenvalue weighted by atomic mass is 10.1. The van der Waals surface area contributed by atoms with E-state index >= 15 is 0 Å². The van der Waals surface area contributed by atoms with Gasteiger partial charge in [0.05, 0.1) is 18.3 Å². The summed E-state index contributed by atoms with van der Waals surface area (Å²) in [6.45, 7) is 3.77. The molecule has 0 bridgehead atoms. The Morgan fingerprint density at radius 2 is 2.21 bits per heavy atom. The molecule has 1 aliphatic rings. The van der Waals surface area contributed by atoms with Crippen LogP contribution in [0.25, 0.3) is 10.9 Å². The van der Waals surface area contributed by atoms with E-state index in [1.807, 2.05) is 59.8 Å². The Labute approximate surface area is 169 Å². The van der Waals surface area contributed by atoms with Crippen molar-refractivity contribution in [2.45, 2.75) is 32.4 Å². The lowest BCUT2D eigenvalue weighted by Crippen LogP contribution is -2.38. The number of ether oxygens (including phenoxy) is 1. The summed E-state index contributed by atoms with van der Waals surface area (Å²) in [6, 6.07) is 11.5. The van der Waals surface area contributed by atoms with Crippen molar-refractivity contribution in [3.8, 4) is 0 Å². The Hall–Kier alpha value is -2.37. The molecule has 1 unspecified atom stereocenters. The molecule has 0 radical (unpaired) electrons. The van der Waals surface area contributed by atoms with Gasteiger partial charge >= 0.3 is 0 Å². The topological polar surface area (TPSA) is 47.4 Å². The Morgan fingerprint density at radius 1 is 1.36 bits per heavy atom. The largest absolute Gasteiger partial charge is 0.376 e. The molecule has 1 aliphatic heterocycles. The van der Waals surface area contributed by atoms with Gasteiger partial charge in [-0.25, -0.2) is 0 Å². The highest BCUT2D eigenvalue weighted by Crippen LogP contribution is 2.29. The third kappa shape index (κ3) is 3.64. The minimum Gasteiger partial charge on any atom is -0.376 e. The fourth-order valence-corrected chi connectivity index (χ4v) is 4.17. The number of rotatable bonds is 5. The van der Waals surface area contributed by atoms with Gasteiger partial charge in [0.1, 0.15) is 5.69 Å². The molecule has 3 aromatic rings. The molecule has 0 N–H and O–H groups in total. The molecule has 1 saturated heterocycles. The van der Waals surface area contributed by atoms with Crippen molar-refractivity contribution >= 4 is 28.4 Å². The number of aromatic nitrogens is 2. The van der Waals surface area contributed by atoms with E-state index in [0.29, 0.717) is 23.8 Å². The second kappa shape index (κ2) is 7.94. The van der Waals surface area contributed by atoms with Crippen LogP contribution in [0, 0.1) is 6.92 Å². The van der Waals surface area contributed by atoms with E-state index < -0.39 is 0 Å². The Morgan fingerprint density at radius 3 is 2.93 bits per heavy atom. The van der Waals surface area contributed by atoms with E-state index in [9.17, 15) is 4.79 Å². The second-order valence-corrected chi connectivity index (χ2v) is 7.77. The molecule has 6 heteroatoms. The summed E-state index contributed by atoms with van der Waals surface area (Å²) >= 11 is 6.19. The number of benzene rings is 1. The number of amides is 1. The summed E-state index contributed by atoms with van der Waals surface area (Å²) in [5.41, 5.74) is 3.50. The standard InChI is InChI=1S/C22H24ClN3O2/c1-15-19-12-16(23)8-9-20(19)25(2)21(15)22(27)26(14-18-7-5-11-28-18)13-17-6-3-4-10-24-17/h3-4,6,8-10,12,18H,5,7,11,13-14H2,1-2H3. The van der Waals surface area contributed by atoms with Crippen LogP contribution in [0.5, 0.6) is 0 Å². The highest BCUT2D eigenvalue weighted by Gasteiger charge is 2.27. The molecular weight excluding hydrogens is 374 g/mol. The molecule has 1 atom stereocenters. The number of carbonyl (C=O) groups is 1. The number of pyridine rings is 1. The zero-order chi connectivity index (χ0) is 19.7. The first-order valence-electron chi connectivity index (χ1n) is 9.60. The minimum absolute atomic E-state index is 0.00604. The molecule has 2 aromatic heterocycles. The maximum atomic E-state index is 13.6. The lowest BCUT2D eigenvalue weighted by molar-refractivity contribution is 0.0497. The van der Waals surface area contributed by atoms with E-state index in [2.05, 4.69) is 4.98 Å². The smallest absolute Gasteiger partial charge is 0.271 e. The van der Waals surface area contributed by atoms with Gasteiger partial charge in [-0.2, -0.15) is 0 Å². The van der Waals surface area contributed by atoms with Crippen molar-refractivity contribution < 1.29 is 9.53 Å². The fourth-order valence-electron chi connectivity index (χ4n) is 3.99. The Bertz CT molecular complexity index is 994. The number of fused-ring (bicyclic) bond motifs is 1. The third-order valence-electron chi connectivity index (χ3n) is 5.43. The predicted molar refractivity (Wildman–Crippen MR) is 111 cm³/mol. The zero-order valence-corrected chi connectivity index (χ0v) is 16.9. The van der Waals surface area contributed by atoms with Gasteiger partial charge in [-0.05, 0) is 55.7 Å². The number of hydrogen-bond donors (Lipinski definition) is 0. The first-order valence-corrected chi connectivity index (χ1v) is 9.97.